The summed E-state index contributed by atoms with van der Waals surface area (Å²) >= 11 is 1.38. The van der Waals surface area contributed by atoms with E-state index in [0.29, 0.717) is 22.7 Å². The molecule has 1 aromatic heterocycles. The summed E-state index contributed by atoms with van der Waals surface area (Å²) in [6.07, 6.45) is 0. The molecule has 1 aromatic carbocycles. The van der Waals surface area contributed by atoms with Crippen molar-refractivity contribution in [3.8, 4) is 0 Å². The Bertz CT molecular complexity index is 718. The number of carbonyl (C=O) groups excluding carboxylic acids is 2. The summed E-state index contributed by atoms with van der Waals surface area (Å²) in [7, 11) is 0. The Kier molecular flexibility index (Phi) is 8.06. The number of hydrogen-bond donors (Lipinski definition) is 3. The average Bonchev–Trinajstić information content (AvgIpc) is 3.18. The van der Waals surface area contributed by atoms with E-state index in [1.807, 2.05) is 11.4 Å². The van der Waals surface area contributed by atoms with Crippen molar-refractivity contribution in [1.82, 2.24) is 15.5 Å². The summed E-state index contributed by atoms with van der Waals surface area (Å²) in [5.41, 5.74) is 1.16. The van der Waals surface area contributed by atoms with E-state index in [-0.39, 0.29) is 24.2 Å². The highest BCUT2D eigenvalue weighted by Gasteiger charge is 2.12. The van der Waals surface area contributed by atoms with Gasteiger partial charge in [-0.05, 0) is 29.6 Å². The third kappa shape index (κ3) is 5.81. The maximum atomic E-state index is 12.3. The van der Waals surface area contributed by atoms with Gasteiger partial charge in [0.1, 0.15) is 0 Å². The molecule has 1 aliphatic heterocycles. The quantitative estimate of drug-likeness (QED) is 0.701. The van der Waals surface area contributed by atoms with Gasteiger partial charge in [0.25, 0.3) is 11.8 Å². The van der Waals surface area contributed by atoms with E-state index in [1.54, 1.807) is 30.3 Å². The number of thiophene rings is 1. The number of nitrogens with one attached hydrogen (secondary N) is 3. The van der Waals surface area contributed by atoms with E-state index >= 15 is 0 Å². The molecule has 0 saturated carbocycles. The van der Waals surface area contributed by atoms with E-state index in [2.05, 4.69) is 20.9 Å². The second-order valence-electron chi connectivity index (χ2n) is 5.86. The highest BCUT2D eigenvalue weighted by molar-refractivity contribution is 7.12. The molecule has 2 amide bonds. The highest BCUT2D eigenvalue weighted by Crippen LogP contribution is 2.15. The predicted molar refractivity (Wildman–Crippen MR) is 108 cm³/mol. The molecule has 0 spiro atoms. The second kappa shape index (κ2) is 10.3. The molecule has 0 atom stereocenters. The molecule has 0 aliphatic carbocycles. The van der Waals surface area contributed by atoms with Crippen LogP contribution in [0.25, 0.3) is 0 Å². The Balaban J connectivity index is 0.00000243. The summed E-state index contributed by atoms with van der Waals surface area (Å²) in [5.74, 6) is -0.284. The number of halogens is 1. The van der Waals surface area contributed by atoms with Gasteiger partial charge in [0.2, 0.25) is 0 Å². The standard InChI is InChI=1S/C18H22N4O2S.ClH/c23-17(20-8-11-22-9-6-19-7-10-22)14-3-1-4-15(13-14)21-18(24)16-5-2-12-25-16;/h1-5,12-13,19H,6-11H2,(H,20,23)(H,21,24);1H. The summed E-state index contributed by atoms with van der Waals surface area (Å²) < 4.78 is 0. The second-order valence-corrected chi connectivity index (χ2v) is 6.81. The molecule has 2 aromatic rings. The van der Waals surface area contributed by atoms with Crippen molar-refractivity contribution in [2.75, 3.05) is 44.6 Å². The maximum absolute atomic E-state index is 12.3. The molecule has 0 unspecified atom stereocenters. The Morgan fingerprint density at radius 3 is 2.65 bits per heavy atom. The molecule has 0 radical (unpaired) electrons. The van der Waals surface area contributed by atoms with Crippen LogP contribution in [0.15, 0.2) is 41.8 Å². The molecule has 3 rings (SSSR count). The lowest BCUT2D eigenvalue weighted by molar-refractivity contribution is 0.0946. The van der Waals surface area contributed by atoms with Crippen molar-refractivity contribution in [3.63, 3.8) is 0 Å². The van der Waals surface area contributed by atoms with Gasteiger partial charge in [-0.1, -0.05) is 12.1 Å². The fourth-order valence-electron chi connectivity index (χ4n) is 2.70. The molecular formula is C18H23ClN4O2S. The van der Waals surface area contributed by atoms with Crippen LogP contribution in [0.5, 0.6) is 0 Å². The Morgan fingerprint density at radius 2 is 1.92 bits per heavy atom. The first-order valence-corrected chi connectivity index (χ1v) is 9.26. The molecule has 1 aliphatic rings. The van der Waals surface area contributed by atoms with Crippen molar-refractivity contribution >= 4 is 41.2 Å². The number of rotatable bonds is 6. The molecule has 0 bridgehead atoms. The summed E-state index contributed by atoms with van der Waals surface area (Å²) in [6.45, 7) is 5.49. The van der Waals surface area contributed by atoms with Gasteiger partial charge in [-0.2, -0.15) is 0 Å². The lowest BCUT2D eigenvalue weighted by Crippen LogP contribution is -2.46. The highest BCUT2D eigenvalue weighted by atomic mass is 35.5. The predicted octanol–water partition coefficient (Wildman–Crippen LogP) is 2.06. The molecule has 1 saturated heterocycles. The number of hydrogen-bond acceptors (Lipinski definition) is 5. The zero-order valence-electron chi connectivity index (χ0n) is 14.4. The summed E-state index contributed by atoms with van der Waals surface area (Å²) in [4.78, 5) is 27.4. The fourth-order valence-corrected chi connectivity index (χ4v) is 3.32. The zero-order valence-corrected chi connectivity index (χ0v) is 16.0. The van der Waals surface area contributed by atoms with Gasteiger partial charge in [0.05, 0.1) is 4.88 Å². The third-order valence-corrected chi connectivity index (χ3v) is 4.92. The van der Waals surface area contributed by atoms with Crippen LogP contribution in [0.1, 0.15) is 20.0 Å². The van der Waals surface area contributed by atoms with Gasteiger partial charge < -0.3 is 16.0 Å². The van der Waals surface area contributed by atoms with Crippen LogP contribution in [0.2, 0.25) is 0 Å². The molecule has 1 fully saturated rings. The normalized spacial score (nSPS) is 14.3. The van der Waals surface area contributed by atoms with Gasteiger partial charge in [0, 0.05) is 50.5 Å². The van der Waals surface area contributed by atoms with E-state index < -0.39 is 0 Å². The van der Waals surface area contributed by atoms with Crippen molar-refractivity contribution in [2.24, 2.45) is 0 Å². The van der Waals surface area contributed by atoms with Crippen LogP contribution in [0.3, 0.4) is 0 Å². The number of piperazine rings is 1. The molecular weight excluding hydrogens is 372 g/mol. The topological polar surface area (TPSA) is 73.5 Å². The first kappa shape index (κ1) is 20.4. The number of anilines is 1. The molecule has 26 heavy (non-hydrogen) atoms. The smallest absolute Gasteiger partial charge is 0.265 e. The van der Waals surface area contributed by atoms with Gasteiger partial charge in [-0.15, -0.1) is 23.7 Å². The summed E-state index contributed by atoms with van der Waals surface area (Å²) in [5, 5.41) is 10.9. The lowest BCUT2D eigenvalue weighted by Gasteiger charge is -2.27. The van der Waals surface area contributed by atoms with E-state index in [9.17, 15) is 9.59 Å². The molecule has 8 heteroatoms. The monoisotopic (exact) mass is 394 g/mol. The molecule has 140 valence electrons. The van der Waals surface area contributed by atoms with Crippen molar-refractivity contribution in [3.05, 3.63) is 52.2 Å². The van der Waals surface area contributed by atoms with Crippen LogP contribution in [0.4, 0.5) is 5.69 Å². The fraction of sp³-hybridized carbons (Fsp3) is 0.333. The largest absolute Gasteiger partial charge is 0.351 e. The van der Waals surface area contributed by atoms with Gasteiger partial charge in [-0.25, -0.2) is 0 Å². The first-order valence-electron chi connectivity index (χ1n) is 8.38. The van der Waals surface area contributed by atoms with Crippen molar-refractivity contribution < 1.29 is 9.59 Å². The third-order valence-electron chi connectivity index (χ3n) is 4.05. The lowest BCUT2D eigenvalue weighted by atomic mass is 10.2. The van der Waals surface area contributed by atoms with E-state index in [1.165, 1.54) is 11.3 Å². The number of amides is 2. The van der Waals surface area contributed by atoms with Crippen LogP contribution in [0, 0.1) is 0 Å². The first-order chi connectivity index (χ1) is 12.2. The maximum Gasteiger partial charge on any atom is 0.265 e. The van der Waals surface area contributed by atoms with Crippen LogP contribution >= 0.6 is 23.7 Å². The minimum atomic E-state index is -0.161. The molecule has 6 nitrogen and oxygen atoms in total. The number of nitrogens with zero attached hydrogens (tertiary/aromatic N) is 1. The zero-order chi connectivity index (χ0) is 17.5. The van der Waals surface area contributed by atoms with Gasteiger partial charge in [-0.3, -0.25) is 14.5 Å². The van der Waals surface area contributed by atoms with Crippen molar-refractivity contribution in [2.45, 2.75) is 0 Å². The minimum Gasteiger partial charge on any atom is -0.351 e. The van der Waals surface area contributed by atoms with Crippen LogP contribution in [-0.4, -0.2) is 56.0 Å². The van der Waals surface area contributed by atoms with E-state index in [0.717, 1.165) is 32.7 Å². The average molecular weight is 395 g/mol. The summed E-state index contributed by atoms with van der Waals surface area (Å²) in [6, 6.07) is 10.6. The van der Waals surface area contributed by atoms with Gasteiger partial charge in [0.15, 0.2) is 0 Å². The van der Waals surface area contributed by atoms with Gasteiger partial charge >= 0.3 is 0 Å². The van der Waals surface area contributed by atoms with E-state index in [4.69, 9.17) is 0 Å². The van der Waals surface area contributed by atoms with Crippen LogP contribution < -0.4 is 16.0 Å². The Labute approximate surface area is 163 Å². The SMILES string of the molecule is Cl.O=C(NCCN1CCNCC1)c1cccc(NC(=O)c2cccs2)c1. The van der Waals surface area contributed by atoms with Crippen LogP contribution in [-0.2, 0) is 0 Å². The molecule has 3 N–H and O–H groups in total. The Morgan fingerprint density at radius 1 is 1.12 bits per heavy atom. The van der Waals surface area contributed by atoms with Crippen molar-refractivity contribution in [1.29, 1.82) is 0 Å². The number of benzene rings is 1. The number of carbonyl (C=O) groups is 2. The minimum absolute atomic E-state index is 0. The molecule has 2 heterocycles. The Hall–Kier alpha value is -1.93.